The van der Waals surface area contributed by atoms with Crippen molar-refractivity contribution >= 4 is 23.6 Å². The first-order valence-electron chi connectivity index (χ1n) is 6.88. The van der Waals surface area contributed by atoms with Gasteiger partial charge in [-0.2, -0.15) is 11.8 Å². The molecule has 0 aromatic heterocycles. The van der Waals surface area contributed by atoms with E-state index in [1.54, 1.807) is 18.7 Å². The van der Waals surface area contributed by atoms with Gasteiger partial charge in [0.1, 0.15) is 6.04 Å². The van der Waals surface area contributed by atoms with Crippen molar-refractivity contribution in [1.82, 2.24) is 9.80 Å². The van der Waals surface area contributed by atoms with Gasteiger partial charge in [-0.05, 0) is 19.1 Å². The van der Waals surface area contributed by atoms with E-state index in [1.165, 1.54) is 0 Å². The van der Waals surface area contributed by atoms with Crippen LogP contribution >= 0.6 is 11.8 Å². The highest BCUT2D eigenvalue weighted by Gasteiger charge is 2.26. The summed E-state index contributed by atoms with van der Waals surface area (Å²) < 4.78 is 0. The third-order valence-electron chi connectivity index (χ3n) is 3.44. The lowest BCUT2D eigenvalue weighted by atomic mass is 10.2. The first-order chi connectivity index (χ1) is 9.06. The van der Waals surface area contributed by atoms with E-state index in [0.717, 1.165) is 18.6 Å². The maximum absolute atomic E-state index is 11.9. The number of rotatable bonds is 7. The second-order valence-corrected chi connectivity index (χ2v) is 5.94. The second kappa shape index (κ2) is 8.43. The van der Waals surface area contributed by atoms with Crippen LogP contribution in [0.5, 0.6) is 0 Å². The van der Waals surface area contributed by atoms with Gasteiger partial charge in [0, 0.05) is 26.2 Å². The van der Waals surface area contributed by atoms with Crippen molar-refractivity contribution in [2.24, 2.45) is 0 Å². The molecule has 0 spiro atoms. The second-order valence-electron chi connectivity index (χ2n) is 4.84. The molecule has 0 aromatic rings. The van der Waals surface area contributed by atoms with Crippen LogP contribution in [0.2, 0.25) is 0 Å². The Hall–Kier alpha value is -0.750. The highest BCUT2D eigenvalue weighted by atomic mass is 32.2. The summed E-state index contributed by atoms with van der Waals surface area (Å²) in [5.41, 5.74) is 0. The molecule has 1 aliphatic heterocycles. The van der Waals surface area contributed by atoms with E-state index < -0.39 is 12.0 Å². The van der Waals surface area contributed by atoms with Gasteiger partial charge < -0.3 is 10.0 Å². The summed E-state index contributed by atoms with van der Waals surface area (Å²) in [5.74, 6) is 0.978. The molecule has 19 heavy (non-hydrogen) atoms. The number of nitrogens with zero attached hydrogens (tertiary/aromatic N) is 2. The Kier molecular flexibility index (Phi) is 7.23. The number of unbranched alkanes of at least 4 members (excludes halogenated alkanes) is 1. The van der Waals surface area contributed by atoms with Crippen molar-refractivity contribution in [3.8, 4) is 0 Å². The van der Waals surface area contributed by atoms with Gasteiger partial charge in [-0.1, -0.05) is 13.3 Å². The van der Waals surface area contributed by atoms with E-state index in [2.05, 4.69) is 6.92 Å². The lowest BCUT2D eigenvalue weighted by Gasteiger charge is -2.36. The van der Waals surface area contributed by atoms with E-state index in [-0.39, 0.29) is 5.91 Å². The van der Waals surface area contributed by atoms with Crippen molar-refractivity contribution < 1.29 is 14.7 Å². The van der Waals surface area contributed by atoms with Crippen molar-refractivity contribution in [2.75, 3.05) is 37.7 Å². The fraction of sp³-hybridized carbons (Fsp3) is 0.846. The molecular formula is C13H24N2O3S. The number of amides is 1. The Balaban J connectivity index is 2.25. The zero-order valence-corrected chi connectivity index (χ0v) is 12.6. The molecule has 1 heterocycles. The smallest absolute Gasteiger partial charge is 0.320 e. The zero-order chi connectivity index (χ0) is 14.3. The number of thioether (sulfide) groups is 1. The molecule has 1 atom stereocenters. The molecule has 0 saturated carbocycles. The number of hydrogen-bond acceptors (Lipinski definition) is 4. The highest BCUT2D eigenvalue weighted by Crippen LogP contribution is 2.10. The molecule has 0 aliphatic carbocycles. The van der Waals surface area contributed by atoms with Crippen LogP contribution in [0, 0.1) is 0 Å². The fourth-order valence-electron chi connectivity index (χ4n) is 2.01. The van der Waals surface area contributed by atoms with Crippen LogP contribution in [0.4, 0.5) is 0 Å². The van der Waals surface area contributed by atoms with Crippen LogP contribution in [-0.2, 0) is 9.59 Å². The van der Waals surface area contributed by atoms with Crippen molar-refractivity contribution in [3.63, 3.8) is 0 Å². The normalized spacial score (nSPS) is 18.3. The van der Waals surface area contributed by atoms with Crippen LogP contribution in [0.1, 0.15) is 26.7 Å². The molecule has 0 aromatic carbocycles. The van der Waals surface area contributed by atoms with Gasteiger partial charge in [0.2, 0.25) is 5.91 Å². The SMILES string of the molecule is CCCCSCC(=O)N1CCN(C(C)C(=O)O)CC1. The maximum Gasteiger partial charge on any atom is 0.320 e. The predicted octanol–water partition coefficient (Wildman–Crippen LogP) is 1.14. The summed E-state index contributed by atoms with van der Waals surface area (Å²) in [6, 6.07) is -0.462. The van der Waals surface area contributed by atoms with Gasteiger partial charge in [-0.25, -0.2) is 0 Å². The number of piperazine rings is 1. The first-order valence-corrected chi connectivity index (χ1v) is 8.04. The summed E-state index contributed by atoms with van der Waals surface area (Å²) in [4.78, 5) is 26.6. The summed E-state index contributed by atoms with van der Waals surface area (Å²) in [7, 11) is 0. The number of aliphatic carboxylic acids is 1. The van der Waals surface area contributed by atoms with E-state index in [1.807, 2.05) is 9.80 Å². The van der Waals surface area contributed by atoms with Crippen LogP contribution in [0.3, 0.4) is 0 Å². The number of carboxylic acid groups (broad SMARTS) is 1. The van der Waals surface area contributed by atoms with Gasteiger partial charge in [-0.15, -0.1) is 0 Å². The third kappa shape index (κ3) is 5.40. The van der Waals surface area contributed by atoms with Gasteiger partial charge in [0.15, 0.2) is 0 Å². The molecule has 110 valence electrons. The molecule has 1 unspecified atom stereocenters. The average molecular weight is 288 g/mol. The van der Waals surface area contributed by atoms with Crippen molar-refractivity contribution in [3.05, 3.63) is 0 Å². The molecule has 1 rings (SSSR count). The zero-order valence-electron chi connectivity index (χ0n) is 11.8. The monoisotopic (exact) mass is 288 g/mol. The molecule has 0 radical (unpaired) electrons. The average Bonchev–Trinajstić information content (AvgIpc) is 2.42. The number of hydrogen-bond donors (Lipinski definition) is 1. The fourth-order valence-corrected chi connectivity index (χ4v) is 3.01. The molecule has 6 heteroatoms. The number of carbonyl (C=O) groups is 2. The Morgan fingerprint density at radius 1 is 1.26 bits per heavy atom. The lowest BCUT2D eigenvalue weighted by Crippen LogP contribution is -2.53. The molecule has 1 aliphatic rings. The van der Waals surface area contributed by atoms with E-state index in [0.29, 0.717) is 31.9 Å². The minimum absolute atomic E-state index is 0.184. The van der Waals surface area contributed by atoms with Crippen LogP contribution in [0.25, 0.3) is 0 Å². The Morgan fingerprint density at radius 2 is 1.89 bits per heavy atom. The van der Waals surface area contributed by atoms with E-state index >= 15 is 0 Å². The maximum atomic E-state index is 11.9. The Bertz CT molecular complexity index is 304. The molecule has 5 nitrogen and oxygen atoms in total. The minimum Gasteiger partial charge on any atom is -0.480 e. The van der Waals surface area contributed by atoms with Gasteiger partial charge in [0.05, 0.1) is 5.75 Å². The molecule has 0 bridgehead atoms. The summed E-state index contributed by atoms with van der Waals surface area (Å²) in [6.45, 7) is 6.43. The Morgan fingerprint density at radius 3 is 2.42 bits per heavy atom. The van der Waals surface area contributed by atoms with Gasteiger partial charge in [0.25, 0.3) is 0 Å². The van der Waals surface area contributed by atoms with Gasteiger partial charge >= 0.3 is 5.97 Å². The van der Waals surface area contributed by atoms with Crippen LogP contribution < -0.4 is 0 Å². The minimum atomic E-state index is -0.796. The van der Waals surface area contributed by atoms with E-state index in [4.69, 9.17) is 5.11 Å². The first kappa shape index (κ1) is 16.3. The molecule has 1 fully saturated rings. The molecular weight excluding hydrogens is 264 g/mol. The molecule has 1 amide bonds. The highest BCUT2D eigenvalue weighted by molar-refractivity contribution is 7.99. The van der Waals surface area contributed by atoms with Gasteiger partial charge in [-0.3, -0.25) is 14.5 Å². The van der Waals surface area contributed by atoms with Crippen molar-refractivity contribution in [1.29, 1.82) is 0 Å². The standard InChI is InChI=1S/C13H24N2O3S/c1-3-4-9-19-10-12(16)15-7-5-14(6-8-15)11(2)13(17)18/h11H,3-10H2,1-2H3,(H,17,18). The quantitative estimate of drug-likeness (QED) is 0.712. The number of carboxylic acids is 1. The van der Waals surface area contributed by atoms with E-state index in [9.17, 15) is 9.59 Å². The lowest BCUT2D eigenvalue weighted by molar-refractivity contribution is -0.143. The summed E-state index contributed by atoms with van der Waals surface area (Å²) >= 11 is 1.69. The molecule has 1 N–H and O–H groups in total. The topological polar surface area (TPSA) is 60.9 Å². The largest absolute Gasteiger partial charge is 0.480 e. The predicted molar refractivity (Wildman–Crippen MR) is 77.5 cm³/mol. The Labute approximate surface area is 119 Å². The summed E-state index contributed by atoms with van der Waals surface area (Å²) in [6.07, 6.45) is 2.31. The van der Waals surface area contributed by atoms with Crippen molar-refractivity contribution in [2.45, 2.75) is 32.7 Å². The summed E-state index contributed by atoms with van der Waals surface area (Å²) in [5, 5.41) is 8.95. The number of carbonyl (C=O) groups excluding carboxylic acids is 1. The molecule has 1 saturated heterocycles. The van der Waals surface area contributed by atoms with Crippen LogP contribution in [0.15, 0.2) is 0 Å². The third-order valence-corrected chi connectivity index (χ3v) is 4.47. The van der Waals surface area contributed by atoms with Crippen LogP contribution in [-0.4, -0.2) is 70.5 Å².